The molecule has 0 aliphatic heterocycles. The Bertz CT molecular complexity index is 192. The smallest absolute Gasteiger partial charge is 0.307 e. The summed E-state index contributed by atoms with van der Waals surface area (Å²) in [5.41, 5.74) is 0. The van der Waals surface area contributed by atoms with Crippen molar-refractivity contribution in [2.75, 3.05) is 26.9 Å². The highest BCUT2D eigenvalue weighted by Gasteiger charge is 2.20. The lowest BCUT2D eigenvalue weighted by atomic mass is 10.2. The third kappa shape index (κ3) is 6.47. The lowest BCUT2D eigenvalue weighted by Crippen LogP contribution is -2.31. The molecule has 88 valence electrons. The molecule has 1 N–H and O–H groups in total. The summed E-state index contributed by atoms with van der Waals surface area (Å²) in [4.78, 5) is 10.9. The van der Waals surface area contributed by atoms with Crippen LogP contribution in [0.15, 0.2) is 0 Å². The van der Waals surface area contributed by atoms with Gasteiger partial charge in [-0.05, 0) is 25.7 Å². The normalized spacial score (nSPS) is 17.5. The van der Waals surface area contributed by atoms with Gasteiger partial charge in [0.2, 0.25) is 0 Å². The van der Waals surface area contributed by atoms with Crippen LogP contribution in [0.5, 0.6) is 0 Å². The number of rotatable bonds is 8. The maximum absolute atomic E-state index is 10.9. The fourth-order valence-electron chi connectivity index (χ4n) is 1.32. The van der Waals surface area contributed by atoms with Crippen molar-refractivity contribution in [3.63, 3.8) is 0 Å². The molecular weight excluding hydrogens is 194 g/mol. The predicted octanol–water partition coefficient (Wildman–Crippen LogP) is 0.954. The van der Waals surface area contributed by atoms with E-state index in [2.05, 4.69) is 10.1 Å². The van der Waals surface area contributed by atoms with E-state index < -0.39 is 0 Å². The Morgan fingerprint density at radius 2 is 2.27 bits per heavy atom. The fourth-order valence-corrected chi connectivity index (χ4v) is 1.32. The first-order valence-electron chi connectivity index (χ1n) is 5.60. The molecule has 1 rings (SSSR count). The Morgan fingerprint density at radius 3 is 2.87 bits per heavy atom. The number of nitrogens with one attached hydrogen (secondary N) is 1. The molecule has 0 saturated heterocycles. The SMILES string of the molecule is COC(=O)CC(C)NCCOCC1CC1. The molecule has 0 radical (unpaired) electrons. The lowest BCUT2D eigenvalue weighted by Gasteiger charge is -2.12. The van der Waals surface area contributed by atoms with Gasteiger partial charge in [0, 0.05) is 19.2 Å². The molecule has 1 unspecified atom stereocenters. The van der Waals surface area contributed by atoms with E-state index in [-0.39, 0.29) is 12.0 Å². The third-order valence-corrected chi connectivity index (χ3v) is 2.49. The van der Waals surface area contributed by atoms with Crippen LogP contribution in [0.1, 0.15) is 26.2 Å². The molecule has 1 atom stereocenters. The van der Waals surface area contributed by atoms with Gasteiger partial charge in [0.1, 0.15) is 0 Å². The van der Waals surface area contributed by atoms with Gasteiger partial charge >= 0.3 is 5.97 Å². The molecule has 1 saturated carbocycles. The minimum atomic E-state index is -0.172. The molecule has 4 heteroatoms. The van der Waals surface area contributed by atoms with Gasteiger partial charge in [-0.2, -0.15) is 0 Å². The van der Waals surface area contributed by atoms with Crippen LogP contribution in [0.25, 0.3) is 0 Å². The van der Waals surface area contributed by atoms with Crippen LogP contribution in [0.4, 0.5) is 0 Å². The van der Waals surface area contributed by atoms with E-state index in [0.717, 1.165) is 25.7 Å². The number of esters is 1. The first-order valence-corrected chi connectivity index (χ1v) is 5.60. The highest BCUT2D eigenvalue weighted by atomic mass is 16.5. The second-order valence-corrected chi connectivity index (χ2v) is 4.15. The van der Waals surface area contributed by atoms with Crippen molar-refractivity contribution in [2.24, 2.45) is 5.92 Å². The number of carbonyl (C=O) groups is 1. The Kier molecular flexibility index (Phi) is 5.65. The summed E-state index contributed by atoms with van der Waals surface area (Å²) in [6.07, 6.45) is 3.07. The summed E-state index contributed by atoms with van der Waals surface area (Å²) in [5.74, 6) is 0.645. The Labute approximate surface area is 91.3 Å². The molecule has 15 heavy (non-hydrogen) atoms. The maximum Gasteiger partial charge on any atom is 0.307 e. The molecule has 4 nitrogen and oxygen atoms in total. The number of carbonyl (C=O) groups excluding carboxylic acids is 1. The molecule has 0 aromatic carbocycles. The topological polar surface area (TPSA) is 47.6 Å². The number of ether oxygens (including phenoxy) is 2. The summed E-state index contributed by atoms with van der Waals surface area (Å²) in [6, 6.07) is 0.155. The maximum atomic E-state index is 10.9. The van der Waals surface area contributed by atoms with Crippen molar-refractivity contribution >= 4 is 5.97 Å². The Balaban J connectivity index is 1.86. The molecule has 0 aromatic rings. The molecule has 0 spiro atoms. The van der Waals surface area contributed by atoms with E-state index in [9.17, 15) is 4.79 Å². The molecule has 1 aliphatic rings. The largest absolute Gasteiger partial charge is 0.469 e. The summed E-state index contributed by atoms with van der Waals surface area (Å²) in [5, 5.41) is 3.22. The minimum Gasteiger partial charge on any atom is -0.469 e. The molecule has 1 fully saturated rings. The number of hydrogen-bond acceptors (Lipinski definition) is 4. The zero-order valence-corrected chi connectivity index (χ0v) is 9.62. The molecule has 0 heterocycles. The molecular formula is C11H21NO3. The van der Waals surface area contributed by atoms with E-state index >= 15 is 0 Å². The highest BCUT2D eigenvalue weighted by molar-refractivity contribution is 5.69. The van der Waals surface area contributed by atoms with E-state index in [1.54, 1.807) is 0 Å². The summed E-state index contributed by atoms with van der Waals surface area (Å²) in [6.45, 7) is 4.39. The second-order valence-electron chi connectivity index (χ2n) is 4.15. The van der Waals surface area contributed by atoms with E-state index in [1.807, 2.05) is 6.92 Å². The van der Waals surface area contributed by atoms with Gasteiger partial charge < -0.3 is 14.8 Å². The van der Waals surface area contributed by atoms with Gasteiger partial charge in [0.25, 0.3) is 0 Å². The van der Waals surface area contributed by atoms with Gasteiger partial charge in [0.15, 0.2) is 0 Å². The van der Waals surface area contributed by atoms with Crippen LogP contribution in [-0.2, 0) is 14.3 Å². The van der Waals surface area contributed by atoms with Crippen molar-refractivity contribution in [3.05, 3.63) is 0 Å². The van der Waals surface area contributed by atoms with E-state index in [4.69, 9.17) is 4.74 Å². The minimum absolute atomic E-state index is 0.155. The third-order valence-electron chi connectivity index (χ3n) is 2.49. The van der Waals surface area contributed by atoms with Crippen molar-refractivity contribution in [2.45, 2.75) is 32.2 Å². The monoisotopic (exact) mass is 215 g/mol. The van der Waals surface area contributed by atoms with Gasteiger partial charge in [-0.25, -0.2) is 0 Å². The van der Waals surface area contributed by atoms with Crippen LogP contribution < -0.4 is 5.32 Å². The highest BCUT2D eigenvalue weighted by Crippen LogP contribution is 2.28. The summed E-state index contributed by atoms with van der Waals surface area (Å²) < 4.78 is 10.0. The molecule has 0 amide bonds. The Morgan fingerprint density at radius 1 is 1.53 bits per heavy atom. The number of hydrogen-bond donors (Lipinski definition) is 1. The van der Waals surface area contributed by atoms with E-state index in [1.165, 1.54) is 20.0 Å². The quantitative estimate of drug-likeness (QED) is 0.484. The van der Waals surface area contributed by atoms with Gasteiger partial charge in [0.05, 0.1) is 20.1 Å². The van der Waals surface area contributed by atoms with Crippen LogP contribution in [0.2, 0.25) is 0 Å². The van der Waals surface area contributed by atoms with Crippen LogP contribution in [0.3, 0.4) is 0 Å². The van der Waals surface area contributed by atoms with Crippen LogP contribution in [0, 0.1) is 5.92 Å². The second kappa shape index (κ2) is 6.80. The van der Waals surface area contributed by atoms with Gasteiger partial charge in [-0.1, -0.05) is 0 Å². The zero-order chi connectivity index (χ0) is 11.1. The average Bonchev–Trinajstić information content (AvgIpc) is 3.01. The van der Waals surface area contributed by atoms with Crippen LogP contribution >= 0.6 is 0 Å². The molecule has 1 aliphatic carbocycles. The average molecular weight is 215 g/mol. The first-order chi connectivity index (χ1) is 7.22. The standard InChI is InChI=1S/C11H21NO3/c1-9(7-11(13)14-2)12-5-6-15-8-10-3-4-10/h9-10,12H,3-8H2,1-2H3. The van der Waals surface area contributed by atoms with Crippen LogP contribution in [-0.4, -0.2) is 38.9 Å². The predicted molar refractivity (Wildman–Crippen MR) is 57.6 cm³/mol. The lowest BCUT2D eigenvalue weighted by molar-refractivity contribution is -0.141. The van der Waals surface area contributed by atoms with Crippen molar-refractivity contribution in [1.82, 2.24) is 5.32 Å². The fraction of sp³-hybridized carbons (Fsp3) is 0.909. The summed E-state index contributed by atoms with van der Waals surface area (Å²) >= 11 is 0. The first kappa shape index (κ1) is 12.5. The zero-order valence-electron chi connectivity index (χ0n) is 9.62. The summed E-state index contributed by atoms with van der Waals surface area (Å²) in [7, 11) is 1.41. The molecule has 0 aromatic heterocycles. The van der Waals surface area contributed by atoms with Crippen molar-refractivity contribution in [3.8, 4) is 0 Å². The van der Waals surface area contributed by atoms with Gasteiger partial charge in [-0.3, -0.25) is 4.79 Å². The van der Waals surface area contributed by atoms with E-state index in [0.29, 0.717) is 6.42 Å². The van der Waals surface area contributed by atoms with Crippen molar-refractivity contribution < 1.29 is 14.3 Å². The van der Waals surface area contributed by atoms with Crippen molar-refractivity contribution in [1.29, 1.82) is 0 Å². The number of methoxy groups -OCH3 is 1. The Hall–Kier alpha value is -0.610. The molecule has 0 bridgehead atoms. The van der Waals surface area contributed by atoms with Gasteiger partial charge in [-0.15, -0.1) is 0 Å².